The van der Waals surface area contributed by atoms with Crippen molar-refractivity contribution >= 4 is 0 Å². The average Bonchev–Trinajstić information content (AvgIpc) is 2.19. The van der Waals surface area contributed by atoms with Crippen molar-refractivity contribution in [3.05, 3.63) is 42.1 Å². The molecule has 0 atom stereocenters. The van der Waals surface area contributed by atoms with Crippen LogP contribution in [0.3, 0.4) is 0 Å². The van der Waals surface area contributed by atoms with E-state index in [0.29, 0.717) is 0 Å². The second-order valence-electron chi connectivity index (χ2n) is 3.24. The highest BCUT2D eigenvalue weighted by molar-refractivity contribution is 5.65. The van der Waals surface area contributed by atoms with E-state index in [1.807, 2.05) is 32.3 Å². The number of rotatable bonds is 1. The molecule has 0 amide bonds. The van der Waals surface area contributed by atoms with Gasteiger partial charge < -0.3 is 0 Å². The Morgan fingerprint density at radius 1 is 1.00 bits per heavy atom. The zero-order valence-electron chi connectivity index (χ0n) is 8.23. The van der Waals surface area contributed by atoms with Crippen molar-refractivity contribution < 1.29 is 0 Å². The lowest BCUT2D eigenvalue weighted by Gasteiger charge is -2.06. The van der Waals surface area contributed by atoms with Crippen molar-refractivity contribution in [2.75, 3.05) is 0 Å². The Kier molecular flexibility index (Phi) is 2.23. The number of aromatic nitrogens is 3. The quantitative estimate of drug-likeness (QED) is 0.683. The summed E-state index contributed by atoms with van der Waals surface area (Å²) in [5, 5.41) is 0. The molecule has 2 aromatic heterocycles. The molecule has 0 unspecified atom stereocenters. The van der Waals surface area contributed by atoms with Crippen LogP contribution in [0.1, 0.15) is 11.1 Å². The van der Waals surface area contributed by atoms with Gasteiger partial charge in [-0.25, -0.2) is 9.97 Å². The summed E-state index contributed by atoms with van der Waals surface area (Å²) in [5.41, 5.74) is 4.40. The minimum Gasteiger partial charge on any atom is -0.264 e. The number of aryl methyl sites for hydroxylation is 2. The van der Waals surface area contributed by atoms with E-state index in [0.717, 1.165) is 22.4 Å². The molecule has 0 saturated heterocycles. The molecule has 14 heavy (non-hydrogen) atoms. The summed E-state index contributed by atoms with van der Waals surface area (Å²) in [6, 6.07) is 1.91. The van der Waals surface area contributed by atoms with Crippen LogP contribution in [0.5, 0.6) is 0 Å². The molecule has 2 aromatic rings. The first-order valence-electron chi connectivity index (χ1n) is 4.46. The standard InChI is InChI=1S/C11H11N3/c1-8-5-13-6-9(2)11(8)10-3-4-12-7-14-10/h3-7H,1-2H3. The van der Waals surface area contributed by atoms with Crippen LogP contribution in [0, 0.1) is 13.8 Å². The van der Waals surface area contributed by atoms with Crippen molar-refractivity contribution in [3.8, 4) is 11.3 Å². The van der Waals surface area contributed by atoms with Gasteiger partial charge in [-0.2, -0.15) is 0 Å². The van der Waals surface area contributed by atoms with Gasteiger partial charge in [-0.1, -0.05) is 0 Å². The van der Waals surface area contributed by atoms with Gasteiger partial charge in [-0.3, -0.25) is 4.98 Å². The van der Waals surface area contributed by atoms with Gasteiger partial charge in [0.05, 0.1) is 5.69 Å². The fourth-order valence-corrected chi connectivity index (χ4v) is 1.54. The molecule has 70 valence electrons. The third-order valence-corrected chi connectivity index (χ3v) is 2.16. The summed E-state index contributed by atoms with van der Waals surface area (Å²) in [7, 11) is 0. The van der Waals surface area contributed by atoms with Crippen LogP contribution in [0.15, 0.2) is 31.0 Å². The molecule has 0 saturated carbocycles. The topological polar surface area (TPSA) is 38.7 Å². The normalized spacial score (nSPS) is 10.1. The van der Waals surface area contributed by atoms with Crippen LogP contribution in [0.4, 0.5) is 0 Å². The van der Waals surface area contributed by atoms with Crippen LogP contribution in [-0.2, 0) is 0 Å². The summed E-state index contributed by atoms with van der Waals surface area (Å²) in [5.74, 6) is 0. The fourth-order valence-electron chi connectivity index (χ4n) is 1.54. The average molecular weight is 185 g/mol. The molecule has 0 aliphatic rings. The summed E-state index contributed by atoms with van der Waals surface area (Å²) in [6.45, 7) is 4.08. The molecule has 0 aliphatic carbocycles. The van der Waals surface area contributed by atoms with Gasteiger partial charge in [0.1, 0.15) is 6.33 Å². The number of hydrogen-bond donors (Lipinski definition) is 0. The van der Waals surface area contributed by atoms with Crippen LogP contribution in [-0.4, -0.2) is 15.0 Å². The molecule has 2 heterocycles. The van der Waals surface area contributed by atoms with Crippen LogP contribution in [0.2, 0.25) is 0 Å². The second-order valence-corrected chi connectivity index (χ2v) is 3.24. The summed E-state index contributed by atoms with van der Waals surface area (Å²) >= 11 is 0. The molecule has 0 aliphatic heterocycles. The Bertz CT molecular complexity index is 417. The largest absolute Gasteiger partial charge is 0.264 e. The monoisotopic (exact) mass is 185 g/mol. The fraction of sp³-hybridized carbons (Fsp3) is 0.182. The zero-order chi connectivity index (χ0) is 9.97. The highest BCUT2D eigenvalue weighted by atomic mass is 14.8. The minimum atomic E-state index is 0.956. The molecule has 0 fully saturated rings. The minimum absolute atomic E-state index is 0.956. The van der Waals surface area contributed by atoms with Crippen molar-refractivity contribution in [1.29, 1.82) is 0 Å². The van der Waals surface area contributed by atoms with E-state index in [4.69, 9.17) is 0 Å². The van der Waals surface area contributed by atoms with Gasteiger partial charge in [0.25, 0.3) is 0 Å². The predicted molar refractivity (Wildman–Crippen MR) is 54.7 cm³/mol. The van der Waals surface area contributed by atoms with E-state index in [1.54, 1.807) is 12.5 Å². The molecule has 3 heteroatoms. The van der Waals surface area contributed by atoms with Crippen LogP contribution < -0.4 is 0 Å². The van der Waals surface area contributed by atoms with E-state index in [2.05, 4.69) is 15.0 Å². The summed E-state index contributed by atoms with van der Waals surface area (Å²) < 4.78 is 0. The van der Waals surface area contributed by atoms with Gasteiger partial charge in [-0.05, 0) is 31.0 Å². The lowest BCUT2D eigenvalue weighted by molar-refractivity contribution is 1.15. The molecule has 0 bridgehead atoms. The van der Waals surface area contributed by atoms with E-state index in [9.17, 15) is 0 Å². The molecule has 0 spiro atoms. The predicted octanol–water partition coefficient (Wildman–Crippen LogP) is 2.16. The van der Waals surface area contributed by atoms with Gasteiger partial charge in [-0.15, -0.1) is 0 Å². The highest BCUT2D eigenvalue weighted by Gasteiger charge is 2.05. The summed E-state index contributed by atoms with van der Waals surface area (Å²) in [4.78, 5) is 12.3. The molecule has 0 N–H and O–H groups in total. The molecular formula is C11H11N3. The first-order valence-corrected chi connectivity index (χ1v) is 4.46. The Morgan fingerprint density at radius 3 is 2.29 bits per heavy atom. The van der Waals surface area contributed by atoms with E-state index < -0.39 is 0 Å². The van der Waals surface area contributed by atoms with Crippen LogP contribution >= 0.6 is 0 Å². The molecule has 2 rings (SSSR count). The van der Waals surface area contributed by atoms with Crippen molar-refractivity contribution in [2.24, 2.45) is 0 Å². The van der Waals surface area contributed by atoms with Crippen LogP contribution in [0.25, 0.3) is 11.3 Å². The maximum absolute atomic E-state index is 4.23. The van der Waals surface area contributed by atoms with E-state index in [1.165, 1.54) is 0 Å². The molecular weight excluding hydrogens is 174 g/mol. The lowest BCUT2D eigenvalue weighted by atomic mass is 10.0. The number of pyridine rings is 1. The maximum Gasteiger partial charge on any atom is 0.116 e. The van der Waals surface area contributed by atoms with Crippen molar-refractivity contribution in [1.82, 2.24) is 15.0 Å². The highest BCUT2D eigenvalue weighted by Crippen LogP contribution is 2.23. The van der Waals surface area contributed by atoms with Gasteiger partial charge in [0.15, 0.2) is 0 Å². The summed E-state index contributed by atoms with van der Waals surface area (Å²) in [6.07, 6.45) is 7.02. The zero-order valence-corrected chi connectivity index (χ0v) is 8.23. The molecule has 3 nitrogen and oxygen atoms in total. The first-order chi connectivity index (χ1) is 6.79. The van der Waals surface area contributed by atoms with Crippen molar-refractivity contribution in [3.63, 3.8) is 0 Å². The number of nitrogens with zero attached hydrogens (tertiary/aromatic N) is 3. The second kappa shape index (κ2) is 3.54. The SMILES string of the molecule is Cc1cncc(C)c1-c1ccncn1. The maximum atomic E-state index is 4.23. The molecule has 0 radical (unpaired) electrons. The third-order valence-electron chi connectivity index (χ3n) is 2.16. The third kappa shape index (κ3) is 1.48. The first kappa shape index (κ1) is 8.81. The Hall–Kier alpha value is -1.77. The Labute approximate surface area is 82.9 Å². The smallest absolute Gasteiger partial charge is 0.116 e. The number of hydrogen-bond acceptors (Lipinski definition) is 3. The Balaban J connectivity index is 2.63. The van der Waals surface area contributed by atoms with Gasteiger partial charge >= 0.3 is 0 Å². The van der Waals surface area contributed by atoms with E-state index >= 15 is 0 Å². The Morgan fingerprint density at radius 2 is 1.71 bits per heavy atom. The van der Waals surface area contributed by atoms with Crippen molar-refractivity contribution in [2.45, 2.75) is 13.8 Å². The molecule has 0 aromatic carbocycles. The van der Waals surface area contributed by atoms with Gasteiger partial charge in [0, 0.05) is 24.2 Å². The lowest BCUT2D eigenvalue weighted by Crippen LogP contribution is -1.92. The van der Waals surface area contributed by atoms with Gasteiger partial charge in [0.2, 0.25) is 0 Å². The van der Waals surface area contributed by atoms with E-state index in [-0.39, 0.29) is 0 Å².